The molecule has 1 aromatic carbocycles. The van der Waals surface area contributed by atoms with Crippen LogP contribution in [-0.4, -0.2) is 18.8 Å². The SMILES string of the molecule is CCCCNC(C#N)c1ccc(O)c(OC)c1. The van der Waals surface area contributed by atoms with E-state index in [0.29, 0.717) is 5.75 Å². The van der Waals surface area contributed by atoms with Gasteiger partial charge in [0.2, 0.25) is 0 Å². The van der Waals surface area contributed by atoms with Crippen molar-refractivity contribution in [1.29, 1.82) is 5.26 Å². The topological polar surface area (TPSA) is 65.3 Å². The highest BCUT2D eigenvalue weighted by atomic mass is 16.5. The van der Waals surface area contributed by atoms with E-state index in [2.05, 4.69) is 18.3 Å². The van der Waals surface area contributed by atoms with Crippen LogP contribution in [0.4, 0.5) is 0 Å². The van der Waals surface area contributed by atoms with E-state index in [4.69, 9.17) is 10.00 Å². The summed E-state index contributed by atoms with van der Waals surface area (Å²) < 4.78 is 5.02. The van der Waals surface area contributed by atoms with E-state index in [0.717, 1.165) is 24.9 Å². The molecule has 0 saturated heterocycles. The van der Waals surface area contributed by atoms with Crippen LogP contribution in [0, 0.1) is 11.3 Å². The number of hydrogen-bond acceptors (Lipinski definition) is 4. The number of aromatic hydroxyl groups is 1. The Morgan fingerprint density at radius 2 is 2.29 bits per heavy atom. The Kier molecular flexibility index (Phi) is 5.31. The minimum atomic E-state index is -0.365. The zero-order valence-electron chi connectivity index (χ0n) is 10.2. The van der Waals surface area contributed by atoms with Crippen LogP contribution in [-0.2, 0) is 0 Å². The summed E-state index contributed by atoms with van der Waals surface area (Å²) in [5, 5.41) is 21.7. The molecule has 0 aliphatic heterocycles. The summed E-state index contributed by atoms with van der Waals surface area (Å²) in [6.07, 6.45) is 2.12. The molecule has 2 N–H and O–H groups in total. The molecule has 1 aromatic rings. The minimum Gasteiger partial charge on any atom is -0.504 e. The number of ether oxygens (including phenoxy) is 1. The van der Waals surface area contributed by atoms with Crippen molar-refractivity contribution in [2.45, 2.75) is 25.8 Å². The Balaban J connectivity index is 2.78. The normalized spacial score (nSPS) is 11.8. The lowest BCUT2D eigenvalue weighted by molar-refractivity contribution is 0.372. The summed E-state index contributed by atoms with van der Waals surface area (Å²) in [6, 6.07) is 6.79. The van der Waals surface area contributed by atoms with Gasteiger partial charge in [0.1, 0.15) is 6.04 Å². The fourth-order valence-electron chi connectivity index (χ4n) is 1.53. The zero-order chi connectivity index (χ0) is 12.7. The Morgan fingerprint density at radius 3 is 2.88 bits per heavy atom. The number of methoxy groups -OCH3 is 1. The summed E-state index contributed by atoms with van der Waals surface area (Å²) in [5.41, 5.74) is 0.804. The van der Waals surface area contributed by atoms with Crippen molar-refractivity contribution in [2.75, 3.05) is 13.7 Å². The second kappa shape index (κ2) is 6.77. The van der Waals surface area contributed by atoms with Gasteiger partial charge in [0.25, 0.3) is 0 Å². The van der Waals surface area contributed by atoms with E-state index in [9.17, 15) is 5.11 Å². The smallest absolute Gasteiger partial charge is 0.160 e. The lowest BCUT2D eigenvalue weighted by atomic mass is 10.1. The second-order valence-corrected chi connectivity index (χ2v) is 3.80. The molecule has 0 heterocycles. The van der Waals surface area contributed by atoms with Gasteiger partial charge < -0.3 is 9.84 Å². The van der Waals surface area contributed by atoms with Gasteiger partial charge in [0.05, 0.1) is 13.2 Å². The lowest BCUT2D eigenvalue weighted by Crippen LogP contribution is -2.21. The molecule has 0 aliphatic carbocycles. The molecule has 4 heteroatoms. The number of benzene rings is 1. The number of phenols is 1. The fraction of sp³-hybridized carbons (Fsp3) is 0.462. The molecule has 0 radical (unpaired) electrons. The van der Waals surface area contributed by atoms with E-state index < -0.39 is 0 Å². The maximum atomic E-state index is 9.48. The highest BCUT2D eigenvalue weighted by Crippen LogP contribution is 2.28. The molecule has 0 amide bonds. The maximum absolute atomic E-state index is 9.48. The quantitative estimate of drug-likeness (QED) is 0.741. The van der Waals surface area contributed by atoms with Crippen LogP contribution >= 0.6 is 0 Å². The molecule has 17 heavy (non-hydrogen) atoms. The molecule has 0 fully saturated rings. The molecule has 0 aliphatic rings. The van der Waals surface area contributed by atoms with Gasteiger partial charge in [-0.05, 0) is 30.7 Å². The minimum absolute atomic E-state index is 0.0847. The van der Waals surface area contributed by atoms with Crippen LogP contribution in [0.15, 0.2) is 18.2 Å². The van der Waals surface area contributed by atoms with Gasteiger partial charge >= 0.3 is 0 Å². The van der Waals surface area contributed by atoms with Gasteiger partial charge in [-0.2, -0.15) is 5.26 Å². The maximum Gasteiger partial charge on any atom is 0.160 e. The first-order chi connectivity index (χ1) is 8.22. The lowest BCUT2D eigenvalue weighted by Gasteiger charge is -2.13. The van der Waals surface area contributed by atoms with Gasteiger partial charge in [0.15, 0.2) is 11.5 Å². The molecule has 0 spiro atoms. The first kappa shape index (κ1) is 13.3. The van der Waals surface area contributed by atoms with E-state index in [1.54, 1.807) is 18.2 Å². The molecule has 0 aromatic heterocycles. The van der Waals surface area contributed by atoms with Crippen molar-refractivity contribution in [3.05, 3.63) is 23.8 Å². The van der Waals surface area contributed by atoms with Crippen molar-refractivity contribution in [2.24, 2.45) is 0 Å². The predicted octanol–water partition coefficient (Wildman–Crippen LogP) is 2.36. The summed E-state index contributed by atoms with van der Waals surface area (Å²) in [6.45, 7) is 2.91. The Hall–Kier alpha value is -1.73. The summed E-state index contributed by atoms with van der Waals surface area (Å²) in [4.78, 5) is 0. The van der Waals surface area contributed by atoms with Gasteiger partial charge in [-0.3, -0.25) is 5.32 Å². The molecule has 1 unspecified atom stereocenters. The van der Waals surface area contributed by atoms with Gasteiger partial charge in [-0.25, -0.2) is 0 Å². The second-order valence-electron chi connectivity index (χ2n) is 3.80. The third-order valence-corrected chi connectivity index (χ3v) is 2.55. The average Bonchev–Trinajstić information content (AvgIpc) is 2.36. The van der Waals surface area contributed by atoms with Crippen LogP contribution in [0.3, 0.4) is 0 Å². The van der Waals surface area contributed by atoms with Crippen LogP contribution in [0.5, 0.6) is 11.5 Å². The largest absolute Gasteiger partial charge is 0.504 e. The number of nitrogens with one attached hydrogen (secondary N) is 1. The number of nitriles is 1. The first-order valence-corrected chi connectivity index (χ1v) is 5.72. The van der Waals surface area contributed by atoms with E-state index in [-0.39, 0.29) is 11.8 Å². The third kappa shape index (κ3) is 3.65. The highest BCUT2D eigenvalue weighted by Gasteiger charge is 2.12. The number of phenolic OH excluding ortho intramolecular Hbond substituents is 1. The average molecular weight is 234 g/mol. The van der Waals surface area contributed by atoms with Crippen molar-refractivity contribution in [3.63, 3.8) is 0 Å². The summed E-state index contributed by atoms with van der Waals surface area (Å²) in [5.74, 6) is 0.474. The van der Waals surface area contributed by atoms with Crippen molar-refractivity contribution >= 4 is 0 Å². The van der Waals surface area contributed by atoms with E-state index in [1.165, 1.54) is 7.11 Å². The molecule has 4 nitrogen and oxygen atoms in total. The monoisotopic (exact) mass is 234 g/mol. The zero-order valence-corrected chi connectivity index (χ0v) is 10.2. The molecule has 0 saturated carbocycles. The van der Waals surface area contributed by atoms with Crippen LogP contribution < -0.4 is 10.1 Å². The van der Waals surface area contributed by atoms with Crippen molar-refractivity contribution in [1.82, 2.24) is 5.32 Å². The van der Waals surface area contributed by atoms with Crippen LogP contribution in [0.1, 0.15) is 31.4 Å². The predicted molar refractivity (Wildman–Crippen MR) is 65.9 cm³/mol. The third-order valence-electron chi connectivity index (χ3n) is 2.55. The summed E-state index contributed by atoms with van der Waals surface area (Å²) in [7, 11) is 1.49. The molecular weight excluding hydrogens is 216 g/mol. The standard InChI is InChI=1S/C13H18N2O2/c1-3-4-7-15-11(9-14)10-5-6-12(16)13(8-10)17-2/h5-6,8,11,15-16H,3-4,7H2,1-2H3. The number of rotatable bonds is 6. The Bertz CT molecular complexity index is 399. The Labute approximate surface area is 102 Å². The van der Waals surface area contributed by atoms with Gasteiger partial charge in [-0.15, -0.1) is 0 Å². The van der Waals surface area contributed by atoms with Crippen molar-refractivity contribution < 1.29 is 9.84 Å². The fourth-order valence-corrected chi connectivity index (χ4v) is 1.53. The van der Waals surface area contributed by atoms with Gasteiger partial charge in [0, 0.05) is 0 Å². The molecular formula is C13H18N2O2. The van der Waals surface area contributed by atoms with Crippen LogP contribution in [0.25, 0.3) is 0 Å². The van der Waals surface area contributed by atoms with Gasteiger partial charge in [-0.1, -0.05) is 19.4 Å². The van der Waals surface area contributed by atoms with Crippen molar-refractivity contribution in [3.8, 4) is 17.6 Å². The number of unbranched alkanes of at least 4 members (excludes halogenated alkanes) is 1. The first-order valence-electron chi connectivity index (χ1n) is 5.72. The molecule has 0 bridgehead atoms. The molecule has 1 rings (SSSR count). The molecule has 1 atom stereocenters. The highest BCUT2D eigenvalue weighted by molar-refractivity contribution is 5.43. The van der Waals surface area contributed by atoms with Crippen LogP contribution in [0.2, 0.25) is 0 Å². The van der Waals surface area contributed by atoms with E-state index >= 15 is 0 Å². The number of hydrogen-bond donors (Lipinski definition) is 2. The summed E-state index contributed by atoms with van der Waals surface area (Å²) >= 11 is 0. The number of nitrogens with zero attached hydrogens (tertiary/aromatic N) is 1. The Morgan fingerprint density at radius 1 is 1.53 bits per heavy atom. The van der Waals surface area contributed by atoms with E-state index in [1.807, 2.05) is 0 Å². The molecule has 92 valence electrons.